The van der Waals surface area contributed by atoms with Gasteiger partial charge in [0.25, 0.3) is 0 Å². The lowest BCUT2D eigenvalue weighted by Gasteiger charge is -2.22. The monoisotopic (exact) mass is 484 g/mol. The molecule has 6 nitrogen and oxygen atoms in total. The van der Waals surface area contributed by atoms with Crippen LogP contribution in [0.4, 0.5) is 13.2 Å². The number of imidazole rings is 1. The van der Waals surface area contributed by atoms with Gasteiger partial charge in [-0.3, -0.25) is 0 Å². The third-order valence-corrected chi connectivity index (χ3v) is 5.66. The van der Waals surface area contributed by atoms with Crippen molar-refractivity contribution in [3.8, 4) is 0 Å². The molecule has 1 N–H and O–H groups in total. The summed E-state index contributed by atoms with van der Waals surface area (Å²) in [6.45, 7) is 0.315. The van der Waals surface area contributed by atoms with Crippen molar-refractivity contribution in [3.63, 3.8) is 0 Å². The Balaban J connectivity index is 1.89. The number of esters is 1. The first kappa shape index (κ1) is 20.8. The molecule has 0 amide bonds. The first-order valence-corrected chi connectivity index (χ1v) is 9.78. The molecule has 0 bridgehead atoms. The third-order valence-electron chi connectivity index (χ3n) is 5.02. The average molecular weight is 485 g/mol. The summed E-state index contributed by atoms with van der Waals surface area (Å²) in [5.74, 6) is -3.27. The molecule has 10 heteroatoms. The summed E-state index contributed by atoms with van der Waals surface area (Å²) in [7, 11) is 1.16. The summed E-state index contributed by atoms with van der Waals surface area (Å²) in [6, 6.07) is 2.62. The van der Waals surface area contributed by atoms with Crippen molar-refractivity contribution in [2.45, 2.75) is 24.7 Å². The molecule has 1 aromatic heterocycles. The van der Waals surface area contributed by atoms with E-state index < -0.39 is 41.6 Å². The first-order chi connectivity index (χ1) is 14.3. The van der Waals surface area contributed by atoms with E-state index in [4.69, 9.17) is 9.47 Å². The molecule has 0 fully saturated rings. The molecule has 4 rings (SSSR count). The number of hydrogen-bond acceptors (Lipinski definition) is 5. The normalized spacial score (nSPS) is 21.7. The highest BCUT2D eigenvalue weighted by Gasteiger charge is 2.37. The minimum absolute atomic E-state index is 0.0191. The molecule has 3 unspecified atom stereocenters. The van der Waals surface area contributed by atoms with Gasteiger partial charge in [0.05, 0.1) is 31.4 Å². The van der Waals surface area contributed by atoms with Gasteiger partial charge >= 0.3 is 5.97 Å². The Morgan fingerprint density at radius 1 is 1.30 bits per heavy atom. The molecule has 1 aliphatic carbocycles. The van der Waals surface area contributed by atoms with Crippen LogP contribution in [-0.2, 0) is 16.0 Å². The van der Waals surface area contributed by atoms with Crippen molar-refractivity contribution in [2.24, 2.45) is 0 Å². The second kappa shape index (κ2) is 8.01. The number of aliphatic hydroxyl groups excluding tert-OH is 1. The number of ether oxygens (including phenoxy) is 2. The van der Waals surface area contributed by atoms with Gasteiger partial charge in [0.1, 0.15) is 29.4 Å². The molecule has 30 heavy (non-hydrogen) atoms. The highest BCUT2D eigenvalue weighted by Crippen LogP contribution is 2.39. The van der Waals surface area contributed by atoms with Crippen LogP contribution >= 0.6 is 15.9 Å². The van der Waals surface area contributed by atoms with Gasteiger partial charge < -0.3 is 19.1 Å². The van der Waals surface area contributed by atoms with E-state index in [1.807, 2.05) is 0 Å². The smallest absolute Gasteiger partial charge is 0.358 e. The predicted molar refractivity (Wildman–Crippen MR) is 103 cm³/mol. The van der Waals surface area contributed by atoms with Gasteiger partial charge in [-0.05, 0) is 39.7 Å². The van der Waals surface area contributed by atoms with Crippen LogP contribution in [-0.4, -0.2) is 40.4 Å². The van der Waals surface area contributed by atoms with Gasteiger partial charge in [0.15, 0.2) is 5.69 Å². The lowest BCUT2D eigenvalue weighted by atomic mass is 9.96. The molecular weight excluding hydrogens is 469 g/mol. The minimum atomic E-state index is -1.56. The fraction of sp³-hybridized carbons (Fsp3) is 0.300. The van der Waals surface area contributed by atoms with Crippen LogP contribution < -0.4 is 0 Å². The molecule has 0 saturated heterocycles. The quantitative estimate of drug-likeness (QED) is 0.673. The maximum atomic E-state index is 14.0. The third kappa shape index (κ3) is 3.59. The topological polar surface area (TPSA) is 73.6 Å². The zero-order chi connectivity index (χ0) is 21.6. The summed E-state index contributed by atoms with van der Waals surface area (Å²) >= 11 is 3.14. The second-order valence-corrected chi connectivity index (χ2v) is 7.70. The Labute approximate surface area is 177 Å². The molecule has 1 aliphatic heterocycles. The number of carbonyl (C=O) groups excluding carboxylic acids is 1. The zero-order valence-corrected chi connectivity index (χ0v) is 17.2. The van der Waals surface area contributed by atoms with Crippen molar-refractivity contribution in [1.82, 2.24) is 9.55 Å². The lowest BCUT2D eigenvalue weighted by molar-refractivity contribution is 0.0583. The van der Waals surface area contributed by atoms with Crippen molar-refractivity contribution < 1.29 is 32.5 Å². The summed E-state index contributed by atoms with van der Waals surface area (Å²) in [4.78, 5) is 16.8. The van der Waals surface area contributed by atoms with E-state index in [9.17, 15) is 23.1 Å². The number of carbonyl (C=O) groups is 1. The van der Waals surface area contributed by atoms with Crippen molar-refractivity contribution in [3.05, 3.63) is 75.1 Å². The molecule has 0 spiro atoms. The largest absolute Gasteiger partial charge is 0.464 e. The van der Waals surface area contributed by atoms with Crippen molar-refractivity contribution in [1.29, 1.82) is 0 Å². The van der Waals surface area contributed by atoms with Crippen LogP contribution in [0.3, 0.4) is 0 Å². The van der Waals surface area contributed by atoms with Gasteiger partial charge in [-0.25, -0.2) is 22.9 Å². The Kier molecular flexibility index (Phi) is 5.56. The summed E-state index contributed by atoms with van der Waals surface area (Å²) in [5.41, 5.74) is -0.260. The molecule has 158 valence electrons. The van der Waals surface area contributed by atoms with E-state index >= 15 is 0 Å². The van der Waals surface area contributed by atoms with Crippen LogP contribution in [0.15, 0.2) is 40.7 Å². The molecular formula is C20H16BrF3N2O4. The Morgan fingerprint density at radius 3 is 2.67 bits per heavy atom. The number of methoxy groups -OCH3 is 1. The maximum Gasteiger partial charge on any atom is 0.358 e. The summed E-state index contributed by atoms with van der Waals surface area (Å²) < 4.78 is 53.7. The van der Waals surface area contributed by atoms with E-state index in [2.05, 4.69) is 20.9 Å². The number of halogens is 4. The number of fused-ring (bicyclic) bond motifs is 3. The molecule has 3 atom stereocenters. The first-order valence-electron chi connectivity index (χ1n) is 8.99. The molecule has 2 aliphatic rings. The molecule has 2 heterocycles. The highest BCUT2D eigenvalue weighted by molar-refractivity contribution is 9.11. The van der Waals surface area contributed by atoms with Crippen LogP contribution in [0.25, 0.3) is 0 Å². The van der Waals surface area contributed by atoms with Crippen LogP contribution in [0, 0.1) is 11.6 Å². The highest BCUT2D eigenvalue weighted by atomic mass is 79.9. The minimum Gasteiger partial charge on any atom is -0.464 e. The van der Waals surface area contributed by atoms with E-state index in [1.165, 1.54) is 6.08 Å². The SMILES string of the molecule is COC(=O)c1nc2n(c1C(O)c1cc(F)cc(F)c1)CCOC1C=C(F)C(Br)=CC21. The number of allylic oxidation sites excluding steroid dienone is 2. The molecule has 0 saturated carbocycles. The number of benzene rings is 1. The maximum absolute atomic E-state index is 14.0. The van der Waals surface area contributed by atoms with Crippen molar-refractivity contribution >= 4 is 21.9 Å². The van der Waals surface area contributed by atoms with E-state index in [-0.39, 0.29) is 34.6 Å². The predicted octanol–water partition coefficient (Wildman–Crippen LogP) is 3.66. The fourth-order valence-corrected chi connectivity index (χ4v) is 4.12. The van der Waals surface area contributed by atoms with E-state index in [1.54, 1.807) is 10.6 Å². The lowest BCUT2D eigenvalue weighted by Crippen LogP contribution is -2.21. The van der Waals surface area contributed by atoms with Crippen LogP contribution in [0.5, 0.6) is 0 Å². The van der Waals surface area contributed by atoms with Gasteiger partial charge in [-0.15, -0.1) is 0 Å². The van der Waals surface area contributed by atoms with Gasteiger partial charge in [0.2, 0.25) is 0 Å². The van der Waals surface area contributed by atoms with E-state index in [0.29, 0.717) is 11.9 Å². The standard InChI is InChI=1S/C20H16BrF3N2O4/c1-29-20(28)16-17(18(27)9-4-10(22)6-11(23)5-9)26-2-3-30-15-8-14(24)13(21)7-12(15)19(26)25-16/h4-8,12,15,18,27H,2-3H2,1H3. The van der Waals surface area contributed by atoms with Crippen LogP contribution in [0.1, 0.15) is 39.6 Å². The number of hydrogen-bond donors (Lipinski definition) is 1. The van der Waals surface area contributed by atoms with Gasteiger partial charge in [0, 0.05) is 17.1 Å². The average Bonchev–Trinajstić information content (AvgIpc) is 2.99. The molecule has 0 radical (unpaired) electrons. The molecule has 1 aromatic carbocycles. The Bertz CT molecular complexity index is 1060. The Morgan fingerprint density at radius 2 is 2.00 bits per heavy atom. The zero-order valence-electron chi connectivity index (χ0n) is 15.6. The number of aliphatic hydroxyl groups is 1. The number of rotatable bonds is 3. The fourth-order valence-electron chi connectivity index (χ4n) is 3.70. The summed E-state index contributed by atoms with van der Waals surface area (Å²) in [5, 5.41) is 11.0. The van der Waals surface area contributed by atoms with Crippen LogP contribution in [0.2, 0.25) is 0 Å². The van der Waals surface area contributed by atoms with Gasteiger partial charge in [-0.2, -0.15) is 0 Å². The second-order valence-electron chi connectivity index (χ2n) is 6.84. The summed E-state index contributed by atoms with van der Waals surface area (Å²) in [6.07, 6.45) is 0.625. The molecule has 2 aromatic rings. The number of nitrogens with zero attached hydrogens (tertiary/aromatic N) is 2. The van der Waals surface area contributed by atoms with Crippen molar-refractivity contribution in [2.75, 3.05) is 13.7 Å². The van der Waals surface area contributed by atoms with E-state index in [0.717, 1.165) is 19.2 Å². The van der Waals surface area contributed by atoms with Gasteiger partial charge in [-0.1, -0.05) is 6.08 Å². The number of aromatic nitrogens is 2. The Hall–Kier alpha value is -2.43.